The Bertz CT molecular complexity index is 270. The summed E-state index contributed by atoms with van der Waals surface area (Å²) in [7, 11) is 0. The quantitative estimate of drug-likeness (QED) is 0.801. The van der Waals surface area contributed by atoms with Crippen LogP contribution in [0.4, 0.5) is 0 Å². The summed E-state index contributed by atoms with van der Waals surface area (Å²) in [6, 6.07) is 0.405. The molecule has 98 valence electrons. The molecule has 0 aromatic rings. The van der Waals surface area contributed by atoms with Crippen LogP contribution in [0.2, 0.25) is 0 Å². The molecule has 0 aromatic heterocycles. The Morgan fingerprint density at radius 2 is 2.29 bits per heavy atom. The van der Waals surface area contributed by atoms with Crippen LogP contribution in [0, 0.1) is 5.92 Å². The first-order chi connectivity index (χ1) is 8.24. The molecule has 2 heterocycles. The highest BCUT2D eigenvalue weighted by molar-refractivity contribution is 5.82. The fraction of sp³-hybridized carbons (Fsp3) is 0.923. The van der Waals surface area contributed by atoms with Crippen molar-refractivity contribution in [2.24, 2.45) is 11.7 Å². The molecule has 2 N–H and O–H groups in total. The van der Waals surface area contributed by atoms with E-state index >= 15 is 0 Å². The van der Waals surface area contributed by atoms with Crippen molar-refractivity contribution in [3.05, 3.63) is 0 Å². The summed E-state index contributed by atoms with van der Waals surface area (Å²) in [5.74, 6) is 0.591. The molecule has 3 atom stereocenters. The van der Waals surface area contributed by atoms with Gasteiger partial charge in [0.2, 0.25) is 0 Å². The molecule has 0 radical (unpaired) electrons. The predicted octanol–water partition coefficient (Wildman–Crippen LogP) is 1.14. The summed E-state index contributed by atoms with van der Waals surface area (Å²) in [4.78, 5) is 14.4. The summed E-state index contributed by atoms with van der Waals surface area (Å²) in [6.07, 6.45) is 5.14. The van der Waals surface area contributed by atoms with E-state index in [1.54, 1.807) is 0 Å². The van der Waals surface area contributed by atoms with E-state index < -0.39 is 0 Å². The molecular weight excluding hydrogens is 216 g/mol. The molecule has 2 saturated heterocycles. The van der Waals surface area contributed by atoms with Crippen LogP contribution in [-0.4, -0.2) is 42.6 Å². The molecule has 2 fully saturated rings. The third kappa shape index (κ3) is 2.80. The Labute approximate surface area is 103 Å². The maximum Gasteiger partial charge on any atom is 0.252 e. The van der Waals surface area contributed by atoms with Gasteiger partial charge in [0.25, 0.3) is 5.91 Å². The number of carbonyl (C=O) groups excluding carboxylic acids is 1. The second kappa shape index (κ2) is 5.83. The lowest BCUT2D eigenvalue weighted by Crippen LogP contribution is -2.43. The molecule has 0 bridgehead atoms. The van der Waals surface area contributed by atoms with Gasteiger partial charge in [-0.3, -0.25) is 4.79 Å². The molecular formula is C13H24N2O2. The normalized spacial score (nSPS) is 33.3. The second-order valence-electron chi connectivity index (χ2n) is 5.32. The van der Waals surface area contributed by atoms with Crippen molar-refractivity contribution in [1.82, 2.24) is 4.90 Å². The van der Waals surface area contributed by atoms with E-state index in [1.165, 1.54) is 0 Å². The zero-order valence-corrected chi connectivity index (χ0v) is 10.7. The van der Waals surface area contributed by atoms with Gasteiger partial charge in [-0.05, 0) is 44.6 Å². The minimum absolute atomic E-state index is 0.187. The number of ether oxygens (including phenoxy) is 1. The van der Waals surface area contributed by atoms with E-state index in [9.17, 15) is 4.79 Å². The number of rotatable bonds is 4. The lowest BCUT2D eigenvalue weighted by atomic mass is 10.0. The van der Waals surface area contributed by atoms with Crippen molar-refractivity contribution in [3.8, 4) is 0 Å². The standard InChI is InChI=1S/C13H24N2O2/c1-10-6-9-17-12(10)13(16)15-8-3-5-11(15)4-2-7-14/h10-12H,2-9,14H2,1H3. The van der Waals surface area contributed by atoms with Gasteiger partial charge >= 0.3 is 0 Å². The van der Waals surface area contributed by atoms with Crippen molar-refractivity contribution in [2.75, 3.05) is 19.7 Å². The molecule has 4 nitrogen and oxygen atoms in total. The Balaban J connectivity index is 1.93. The Hall–Kier alpha value is -0.610. The molecule has 0 aliphatic carbocycles. The van der Waals surface area contributed by atoms with E-state index in [1.807, 2.05) is 4.90 Å². The molecule has 0 saturated carbocycles. The van der Waals surface area contributed by atoms with Gasteiger partial charge in [0.05, 0.1) is 0 Å². The molecule has 4 heteroatoms. The number of amides is 1. The molecule has 2 rings (SSSR count). The fourth-order valence-corrected chi connectivity index (χ4v) is 2.95. The topological polar surface area (TPSA) is 55.6 Å². The van der Waals surface area contributed by atoms with E-state index in [0.29, 0.717) is 12.0 Å². The van der Waals surface area contributed by atoms with Crippen molar-refractivity contribution in [3.63, 3.8) is 0 Å². The number of carbonyl (C=O) groups is 1. The van der Waals surface area contributed by atoms with E-state index in [0.717, 1.165) is 51.8 Å². The van der Waals surface area contributed by atoms with Crippen LogP contribution in [0.3, 0.4) is 0 Å². The first-order valence-corrected chi connectivity index (χ1v) is 6.86. The van der Waals surface area contributed by atoms with Crippen LogP contribution < -0.4 is 5.73 Å². The van der Waals surface area contributed by atoms with Crippen LogP contribution in [0.1, 0.15) is 39.0 Å². The van der Waals surface area contributed by atoms with Gasteiger partial charge in [-0.15, -0.1) is 0 Å². The first-order valence-electron chi connectivity index (χ1n) is 6.86. The predicted molar refractivity (Wildman–Crippen MR) is 66.5 cm³/mol. The largest absolute Gasteiger partial charge is 0.368 e. The number of hydrogen-bond donors (Lipinski definition) is 1. The smallest absolute Gasteiger partial charge is 0.252 e. The maximum absolute atomic E-state index is 12.4. The molecule has 0 aromatic carbocycles. The van der Waals surface area contributed by atoms with Gasteiger partial charge in [-0.1, -0.05) is 6.92 Å². The van der Waals surface area contributed by atoms with Crippen LogP contribution >= 0.6 is 0 Å². The number of nitrogens with two attached hydrogens (primary N) is 1. The monoisotopic (exact) mass is 240 g/mol. The summed E-state index contributed by atoms with van der Waals surface area (Å²) < 4.78 is 5.58. The van der Waals surface area contributed by atoms with E-state index in [-0.39, 0.29) is 12.0 Å². The summed E-state index contributed by atoms with van der Waals surface area (Å²) in [5, 5.41) is 0. The number of nitrogens with zero attached hydrogens (tertiary/aromatic N) is 1. The molecule has 0 spiro atoms. The highest BCUT2D eigenvalue weighted by Gasteiger charge is 2.38. The fourth-order valence-electron chi connectivity index (χ4n) is 2.95. The summed E-state index contributed by atoms with van der Waals surface area (Å²) in [6.45, 7) is 4.47. The number of hydrogen-bond acceptors (Lipinski definition) is 3. The SMILES string of the molecule is CC1CCOC1C(=O)N1CCCC1CCCN. The minimum Gasteiger partial charge on any atom is -0.368 e. The third-order valence-electron chi connectivity index (χ3n) is 4.03. The van der Waals surface area contributed by atoms with Crippen molar-refractivity contribution >= 4 is 5.91 Å². The molecule has 1 amide bonds. The van der Waals surface area contributed by atoms with E-state index in [4.69, 9.17) is 10.5 Å². The van der Waals surface area contributed by atoms with Crippen LogP contribution in [-0.2, 0) is 9.53 Å². The van der Waals surface area contributed by atoms with Gasteiger partial charge in [-0.25, -0.2) is 0 Å². The lowest BCUT2D eigenvalue weighted by molar-refractivity contribution is -0.143. The van der Waals surface area contributed by atoms with Gasteiger partial charge in [0.1, 0.15) is 6.10 Å². The second-order valence-corrected chi connectivity index (χ2v) is 5.32. The first kappa shape index (κ1) is 12.8. The average molecular weight is 240 g/mol. The van der Waals surface area contributed by atoms with Gasteiger partial charge in [-0.2, -0.15) is 0 Å². The minimum atomic E-state index is -0.187. The van der Waals surface area contributed by atoms with Crippen molar-refractivity contribution < 1.29 is 9.53 Å². The van der Waals surface area contributed by atoms with Crippen molar-refractivity contribution in [1.29, 1.82) is 0 Å². The Kier molecular flexibility index (Phi) is 4.40. The molecule has 2 aliphatic heterocycles. The Morgan fingerprint density at radius 3 is 2.94 bits per heavy atom. The maximum atomic E-state index is 12.4. The van der Waals surface area contributed by atoms with Gasteiger partial charge < -0.3 is 15.4 Å². The van der Waals surface area contributed by atoms with Crippen LogP contribution in [0.15, 0.2) is 0 Å². The zero-order chi connectivity index (χ0) is 12.3. The van der Waals surface area contributed by atoms with Crippen molar-refractivity contribution in [2.45, 2.75) is 51.2 Å². The summed E-state index contributed by atoms with van der Waals surface area (Å²) >= 11 is 0. The van der Waals surface area contributed by atoms with E-state index in [2.05, 4.69) is 6.92 Å². The average Bonchev–Trinajstić information content (AvgIpc) is 2.94. The van der Waals surface area contributed by atoms with Crippen LogP contribution in [0.5, 0.6) is 0 Å². The number of likely N-dealkylation sites (tertiary alicyclic amines) is 1. The lowest BCUT2D eigenvalue weighted by Gasteiger charge is -2.28. The highest BCUT2D eigenvalue weighted by Crippen LogP contribution is 2.27. The summed E-state index contributed by atoms with van der Waals surface area (Å²) in [5.41, 5.74) is 5.54. The molecule has 3 unspecified atom stereocenters. The van der Waals surface area contributed by atoms with Gasteiger partial charge in [0.15, 0.2) is 0 Å². The third-order valence-corrected chi connectivity index (χ3v) is 4.03. The molecule has 17 heavy (non-hydrogen) atoms. The zero-order valence-electron chi connectivity index (χ0n) is 10.7. The highest BCUT2D eigenvalue weighted by atomic mass is 16.5. The van der Waals surface area contributed by atoms with Crippen LogP contribution in [0.25, 0.3) is 0 Å². The van der Waals surface area contributed by atoms with Gasteiger partial charge in [0, 0.05) is 19.2 Å². The Morgan fingerprint density at radius 1 is 1.47 bits per heavy atom. The molecule has 2 aliphatic rings.